The molecular weight excluding hydrogens is 260 g/mol. The SMILES string of the molecule is CN1CCCC(N(C)CC(=O)c2cc([N+](=O)[O-])c[nH]2)C1. The van der Waals surface area contributed by atoms with Gasteiger partial charge in [0.05, 0.1) is 23.4 Å². The molecule has 1 unspecified atom stereocenters. The Morgan fingerprint density at radius 1 is 1.65 bits per heavy atom. The summed E-state index contributed by atoms with van der Waals surface area (Å²) >= 11 is 0. The van der Waals surface area contributed by atoms with E-state index < -0.39 is 4.92 Å². The average Bonchev–Trinajstić information content (AvgIpc) is 2.88. The zero-order valence-electron chi connectivity index (χ0n) is 11.8. The van der Waals surface area contributed by atoms with Crippen LogP contribution in [0.3, 0.4) is 0 Å². The minimum Gasteiger partial charge on any atom is -0.353 e. The molecule has 7 heteroatoms. The number of rotatable bonds is 5. The Labute approximate surface area is 117 Å². The van der Waals surface area contributed by atoms with E-state index in [0.717, 1.165) is 25.9 Å². The number of nitrogens with zero attached hydrogens (tertiary/aromatic N) is 3. The second kappa shape index (κ2) is 6.15. The molecule has 1 N–H and O–H groups in total. The molecule has 0 radical (unpaired) electrons. The van der Waals surface area contributed by atoms with Gasteiger partial charge in [-0.2, -0.15) is 0 Å². The van der Waals surface area contributed by atoms with Crippen LogP contribution in [0.15, 0.2) is 12.3 Å². The third-order valence-corrected chi connectivity index (χ3v) is 3.79. The third kappa shape index (κ3) is 3.43. The summed E-state index contributed by atoms with van der Waals surface area (Å²) in [4.78, 5) is 29.2. The Hall–Kier alpha value is -1.73. The average molecular weight is 280 g/mol. The number of H-pyrrole nitrogens is 1. The fraction of sp³-hybridized carbons (Fsp3) is 0.615. The lowest BCUT2D eigenvalue weighted by molar-refractivity contribution is -0.384. The zero-order chi connectivity index (χ0) is 14.7. The van der Waals surface area contributed by atoms with Gasteiger partial charge in [-0.3, -0.25) is 19.8 Å². The highest BCUT2D eigenvalue weighted by Gasteiger charge is 2.23. The Morgan fingerprint density at radius 2 is 2.40 bits per heavy atom. The maximum atomic E-state index is 12.1. The fourth-order valence-corrected chi connectivity index (χ4v) is 2.59. The number of piperidine rings is 1. The molecule has 0 spiro atoms. The molecule has 1 atom stereocenters. The summed E-state index contributed by atoms with van der Waals surface area (Å²) in [6.07, 6.45) is 3.47. The van der Waals surface area contributed by atoms with Crippen molar-refractivity contribution in [3.63, 3.8) is 0 Å². The Balaban J connectivity index is 1.94. The standard InChI is InChI=1S/C13H20N4O3/c1-15-5-3-4-10(8-15)16(2)9-13(18)12-6-11(7-14-12)17(19)20/h6-7,10,14H,3-5,8-9H2,1-2H3. The van der Waals surface area contributed by atoms with E-state index in [1.165, 1.54) is 12.3 Å². The topological polar surface area (TPSA) is 82.5 Å². The van der Waals surface area contributed by atoms with Crippen molar-refractivity contribution in [3.05, 3.63) is 28.1 Å². The number of nitro groups is 1. The second-order valence-electron chi connectivity index (χ2n) is 5.43. The van der Waals surface area contributed by atoms with E-state index in [1.54, 1.807) is 0 Å². The molecule has 1 aliphatic rings. The number of nitrogens with one attached hydrogen (secondary N) is 1. The first-order chi connectivity index (χ1) is 9.47. The first-order valence-corrected chi connectivity index (χ1v) is 6.72. The minimum absolute atomic E-state index is 0.0756. The predicted molar refractivity (Wildman–Crippen MR) is 74.9 cm³/mol. The fourth-order valence-electron chi connectivity index (χ4n) is 2.59. The first kappa shape index (κ1) is 14.7. The lowest BCUT2D eigenvalue weighted by Crippen LogP contribution is -2.46. The molecule has 0 bridgehead atoms. The molecule has 1 aliphatic heterocycles. The number of aromatic amines is 1. The number of carbonyl (C=O) groups is 1. The molecule has 20 heavy (non-hydrogen) atoms. The molecule has 0 aromatic carbocycles. The molecule has 110 valence electrons. The van der Waals surface area contributed by atoms with E-state index in [-0.39, 0.29) is 18.0 Å². The van der Waals surface area contributed by atoms with E-state index in [1.807, 2.05) is 11.9 Å². The largest absolute Gasteiger partial charge is 0.353 e. The summed E-state index contributed by atoms with van der Waals surface area (Å²) in [5.74, 6) is -0.117. The zero-order valence-corrected chi connectivity index (χ0v) is 11.8. The number of carbonyl (C=O) groups excluding carboxylic acids is 1. The molecule has 1 aromatic rings. The third-order valence-electron chi connectivity index (χ3n) is 3.79. The highest BCUT2D eigenvalue weighted by Crippen LogP contribution is 2.16. The van der Waals surface area contributed by atoms with Crippen LogP contribution >= 0.6 is 0 Å². The van der Waals surface area contributed by atoms with Crippen LogP contribution in [0.25, 0.3) is 0 Å². The number of likely N-dealkylation sites (tertiary alicyclic amines) is 1. The van der Waals surface area contributed by atoms with Crippen molar-refractivity contribution in [2.24, 2.45) is 0 Å². The van der Waals surface area contributed by atoms with Crippen LogP contribution in [-0.2, 0) is 0 Å². The van der Waals surface area contributed by atoms with Crippen molar-refractivity contribution in [2.75, 3.05) is 33.7 Å². The van der Waals surface area contributed by atoms with Gasteiger partial charge in [0, 0.05) is 18.7 Å². The Kier molecular flexibility index (Phi) is 4.51. The Morgan fingerprint density at radius 3 is 3.00 bits per heavy atom. The van der Waals surface area contributed by atoms with Crippen molar-refractivity contribution in [3.8, 4) is 0 Å². The Bertz CT molecular complexity index is 500. The van der Waals surface area contributed by atoms with E-state index >= 15 is 0 Å². The quantitative estimate of drug-likeness (QED) is 0.496. The minimum atomic E-state index is -0.507. The van der Waals surface area contributed by atoms with Gasteiger partial charge in [0.1, 0.15) is 0 Å². The number of ketones is 1. The maximum absolute atomic E-state index is 12.1. The molecular formula is C13H20N4O3. The summed E-state index contributed by atoms with van der Waals surface area (Å²) in [6.45, 7) is 2.33. The van der Waals surface area contributed by atoms with Gasteiger partial charge in [-0.15, -0.1) is 0 Å². The van der Waals surface area contributed by atoms with E-state index in [2.05, 4.69) is 16.9 Å². The summed E-state index contributed by atoms with van der Waals surface area (Å²) in [7, 11) is 4.01. The van der Waals surface area contributed by atoms with Gasteiger partial charge in [0.2, 0.25) is 0 Å². The van der Waals surface area contributed by atoms with Crippen molar-refractivity contribution in [1.82, 2.24) is 14.8 Å². The molecule has 7 nitrogen and oxygen atoms in total. The van der Waals surface area contributed by atoms with Gasteiger partial charge in [-0.05, 0) is 33.5 Å². The molecule has 1 aromatic heterocycles. The lowest BCUT2D eigenvalue weighted by atomic mass is 10.0. The monoisotopic (exact) mass is 280 g/mol. The molecule has 0 aliphatic carbocycles. The number of likely N-dealkylation sites (N-methyl/N-ethyl adjacent to an activating group) is 2. The van der Waals surface area contributed by atoms with Gasteiger partial charge >= 0.3 is 0 Å². The molecule has 0 amide bonds. The molecule has 1 saturated heterocycles. The second-order valence-corrected chi connectivity index (χ2v) is 5.43. The maximum Gasteiger partial charge on any atom is 0.287 e. The first-order valence-electron chi connectivity index (χ1n) is 6.72. The van der Waals surface area contributed by atoms with Gasteiger partial charge < -0.3 is 9.88 Å². The molecule has 1 fully saturated rings. The van der Waals surface area contributed by atoms with E-state index in [0.29, 0.717) is 11.7 Å². The molecule has 2 rings (SSSR count). The summed E-state index contributed by atoms with van der Waals surface area (Å²) in [5, 5.41) is 10.6. The van der Waals surface area contributed by atoms with E-state index in [9.17, 15) is 14.9 Å². The van der Waals surface area contributed by atoms with Crippen LogP contribution in [0.1, 0.15) is 23.3 Å². The molecule has 2 heterocycles. The van der Waals surface area contributed by atoms with Gasteiger partial charge in [-0.25, -0.2) is 0 Å². The van der Waals surface area contributed by atoms with Crippen molar-refractivity contribution in [2.45, 2.75) is 18.9 Å². The molecule has 0 saturated carbocycles. The van der Waals surface area contributed by atoms with Gasteiger partial charge in [0.15, 0.2) is 5.78 Å². The van der Waals surface area contributed by atoms with Gasteiger partial charge in [0.25, 0.3) is 5.69 Å². The summed E-state index contributed by atoms with van der Waals surface area (Å²) in [5.41, 5.74) is 0.223. The van der Waals surface area contributed by atoms with Gasteiger partial charge in [-0.1, -0.05) is 0 Å². The summed E-state index contributed by atoms with van der Waals surface area (Å²) in [6, 6.07) is 1.66. The highest BCUT2D eigenvalue weighted by molar-refractivity contribution is 5.96. The van der Waals surface area contributed by atoms with Crippen molar-refractivity contribution >= 4 is 11.5 Å². The normalized spacial score (nSPS) is 20.2. The smallest absolute Gasteiger partial charge is 0.287 e. The van der Waals surface area contributed by atoms with Crippen LogP contribution in [0.4, 0.5) is 5.69 Å². The van der Waals surface area contributed by atoms with Crippen LogP contribution in [-0.4, -0.2) is 65.3 Å². The number of aromatic nitrogens is 1. The van der Waals surface area contributed by atoms with Crippen molar-refractivity contribution in [1.29, 1.82) is 0 Å². The number of hydrogen-bond acceptors (Lipinski definition) is 5. The number of Topliss-reactive ketones (excluding diaryl/α,β-unsaturated/α-hetero) is 1. The van der Waals surface area contributed by atoms with Crippen LogP contribution in [0.5, 0.6) is 0 Å². The lowest BCUT2D eigenvalue weighted by Gasteiger charge is -2.35. The predicted octanol–water partition coefficient (Wildman–Crippen LogP) is 1.13. The number of hydrogen-bond donors (Lipinski definition) is 1. The van der Waals surface area contributed by atoms with E-state index in [4.69, 9.17) is 0 Å². The highest BCUT2D eigenvalue weighted by atomic mass is 16.6. The van der Waals surface area contributed by atoms with Crippen LogP contribution in [0, 0.1) is 10.1 Å². The summed E-state index contributed by atoms with van der Waals surface area (Å²) < 4.78 is 0. The van der Waals surface area contributed by atoms with Crippen molar-refractivity contribution < 1.29 is 9.72 Å². The van der Waals surface area contributed by atoms with Crippen LogP contribution in [0.2, 0.25) is 0 Å². The van der Waals surface area contributed by atoms with Crippen LogP contribution < -0.4 is 0 Å².